The van der Waals surface area contributed by atoms with Crippen molar-refractivity contribution in [3.63, 3.8) is 0 Å². The predicted octanol–water partition coefficient (Wildman–Crippen LogP) is 2.93. The Morgan fingerprint density at radius 3 is 2.53 bits per heavy atom. The Morgan fingerprint density at radius 1 is 1.29 bits per heavy atom. The van der Waals surface area contributed by atoms with Crippen molar-refractivity contribution >= 4 is 5.82 Å². The van der Waals surface area contributed by atoms with Gasteiger partial charge >= 0.3 is 0 Å². The molecule has 4 heteroatoms. The molecule has 90 valence electrons. The maximum atomic E-state index is 13.5. The molecule has 0 fully saturated rings. The normalized spacial score (nSPS) is 11.1. The highest BCUT2D eigenvalue weighted by atomic mass is 19.1. The topological polar surface area (TPSA) is 43.8 Å². The van der Waals surface area contributed by atoms with Crippen molar-refractivity contribution < 1.29 is 4.39 Å². The number of nitrogens with two attached hydrogens (primary N) is 1. The Morgan fingerprint density at radius 2 is 2.00 bits per heavy atom. The Bertz CT molecular complexity index is 544. The molecular weight excluding hydrogens is 217 g/mol. The molecule has 0 aliphatic heterocycles. The molecule has 0 saturated heterocycles. The zero-order valence-corrected chi connectivity index (χ0v) is 10.2. The smallest absolute Gasteiger partial charge is 0.129 e. The van der Waals surface area contributed by atoms with Crippen molar-refractivity contribution in [1.29, 1.82) is 0 Å². The number of hydrogen-bond donors (Lipinski definition) is 1. The van der Waals surface area contributed by atoms with Crippen LogP contribution >= 0.6 is 0 Å². The van der Waals surface area contributed by atoms with Gasteiger partial charge in [0.15, 0.2) is 0 Å². The lowest BCUT2D eigenvalue weighted by molar-refractivity contribution is 0.624. The second-order valence-electron chi connectivity index (χ2n) is 4.50. The molecule has 0 radical (unpaired) electrons. The number of aromatic nitrogens is 2. The van der Waals surface area contributed by atoms with Crippen LogP contribution in [-0.2, 0) is 7.05 Å². The fourth-order valence-electron chi connectivity index (χ4n) is 1.77. The number of aryl methyl sites for hydroxylation is 1. The maximum absolute atomic E-state index is 13.5. The number of hydrogen-bond acceptors (Lipinski definition) is 2. The minimum absolute atomic E-state index is 0.241. The zero-order chi connectivity index (χ0) is 12.6. The lowest BCUT2D eigenvalue weighted by Gasteiger charge is -2.08. The molecule has 0 spiro atoms. The summed E-state index contributed by atoms with van der Waals surface area (Å²) in [5.74, 6) is 0.585. The minimum Gasteiger partial charge on any atom is -0.383 e. The quantitative estimate of drug-likeness (QED) is 0.866. The molecule has 0 atom stereocenters. The molecule has 2 rings (SSSR count). The van der Waals surface area contributed by atoms with Crippen molar-refractivity contribution in [2.45, 2.75) is 19.8 Å². The molecule has 0 aliphatic carbocycles. The van der Waals surface area contributed by atoms with Gasteiger partial charge in [0.1, 0.15) is 11.6 Å². The molecule has 0 aliphatic rings. The van der Waals surface area contributed by atoms with E-state index in [1.807, 2.05) is 19.9 Å². The Kier molecular flexibility index (Phi) is 2.88. The summed E-state index contributed by atoms with van der Waals surface area (Å²) in [6, 6.07) is 5.00. The van der Waals surface area contributed by atoms with Gasteiger partial charge in [0, 0.05) is 12.6 Å². The van der Waals surface area contributed by atoms with Crippen molar-refractivity contribution in [2.24, 2.45) is 7.05 Å². The average Bonchev–Trinajstić information content (AvgIpc) is 2.59. The lowest BCUT2D eigenvalue weighted by Crippen LogP contribution is -1.98. The Hall–Kier alpha value is -1.84. The van der Waals surface area contributed by atoms with Crippen LogP contribution in [0.4, 0.5) is 10.2 Å². The highest BCUT2D eigenvalue weighted by Crippen LogP contribution is 2.28. The zero-order valence-electron chi connectivity index (χ0n) is 10.2. The van der Waals surface area contributed by atoms with E-state index < -0.39 is 0 Å². The summed E-state index contributed by atoms with van der Waals surface area (Å²) in [7, 11) is 1.77. The van der Waals surface area contributed by atoms with Gasteiger partial charge < -0.3 is 5.73 Å². The maximum Gasteiger partial charge on any atom is 0.129 e. The van der Waals surface area contributed by atoms with E-state index in [2.05, 4.69) is 5.10 Å². The van der Waals surface area contributed by atoms with Crippen LogP contribution in [0.3, 0.4) is 0 Å². The number of halogens is 1. The summed E-state index contributed by atoms with van der Waals surface area (Å²) in [4.78, 5) is 0. The van der Waals surface area contributed by atoms with Crippen molar-refractivity contribution in [1.82, 2.24) is 9.78 Å². The molecule has 1 aromatic carbocycles. The number of nitrogen functional groups attached to an aromatic ring is 1. The van der Waals surface area contributed by atoms with E-state index >= 15 is 0 Å². The molecule has 3 nitrogen and oxygen atoms in total. The summed E-state index contributed by atoms with van der Waals surface area (Å²) in [6.45, 7) is 4.07. The second kappa shape index (κ2) is 4.20. The standard InChI is InChI=1S/C13H16FN3/c1-8(2)9-4-10(6-11(14)5-9)12-7-16-17(3)13(12)15/h4-8H,15H2,1-3H3. The van der Waals surface area contributed by atoms with Crippen molar-refractivity contribution in [2.75, 3.05) is 5.73 Å². The SMILES string of the molecule is CC(C)c1cc(F)cc(-c2cnn(C)c2N)c1. The van der Waals surface area contributed by atoms with Crippen molar-refractivity contribution in [3.8, 4) is 11.1 Å². The van der Waals surface area contributed by atoms with Crippen LogP contribution in [-0.4, -0.2) is 9.78 Å². The van der Waals surface area contributed by atoms with Crippen molar-refractivity contribution in [3.05, 3.63) is 35.8 Å². The average molecular weight is 233 g/mol. The van der Waals surface area contributed by atoms with Crippen LogP contribution in [0.25, 0.3) is 11.1 Å². The second-order valence-corrected chi connectivity index (χ2v) is 4.50. The van der Waals surface area contributed by atoms with E-state index in [-0.39, 0.29) is 11.7 Å². The molecule has 0 unspecified atom stereocenters. The van der Waals surface area contributed by atoms with Gasteiger partial charge in [0.2, 0.25) is 0 Å². The van der Waals surface area contributed by atoms with E-state index in [9.17, 15) is 4.39 Å². The fourth-order valence-corrected chi connectivity index (χ4v) is 1.77. The minimum atomic E-state index is -0.241. The van der Waals surface area contributed by atoms with Gasteiger partial charge in [-0.25, -0.2) is 4.39 Å². The van der Waals surface area contributed by atoms with Gasteiger partial charge in [-0.2, -0.15) is 5.10 Å². The van der Waals surface area contributed by atoms with Crippen LogP contribution in [0, 0.1) is 5.82 Å². The van der Waals surface area contributed by atoms with Crippen LogP contribution < -0.4 is 5.73 Å². The van der Waals surface area contributed by atoms with E-state index in [4.69, 9.17) is 5.73 Å². The molecule has 2 N–H and O–H groups in total. The number of rotatable bonds is 2. The molecule has 0 amide bonds. The van der Waals surface area contributed by atoms with Crippen LogP contribution in [0.5, 0.6) is 0 Å². The summed E-state index contributed by atoms with van der Waals surface area (Å²) in [5, 5.41) is 4.07. The number of anilines is 1. The molecule has 0 saturated carbocycles. The lowest BCUT2D eigenvalue weighted by atomic mass is 9.98. The van der Waals surface area contributed by atoms with Crippen LogP contribution in [0.1, 0.15) is 25.3 Å². The van der Waals surface area contributed by atoms with Gasteiger partial charge in [-0.3, -0.25) is 4.68 Å². The van der Waals surface area contributed by atoms with Gasteiger partial charge in [0.25, 0.3) is 0 Å². The largest absolute Gasteiger partial charge is 0.383 e. The molecule has 1 aromatic heterocycles. The summed E-state index contributed by atoms with van der Waals surface area (Å²) in [6.07, 6.45) is 1.66. The summed E-state index contributed by atoms with van der Waals surface area (Å²) >= 11 is 0. The van der Waals surface area contributed by atoms with Gasteiger partial charge in [-0.1, -0.05) is 19.9 Å². The molecule has 2 aromatic rings. The highest BCUT2D eigenvalue weighted by Gasteiger charge is 2.11. The first-order valence-electron chi connectivity index (χ1n) is 5.57. The first kappa shape index (κ1) is 11.6. The summed E-state index contributed by atoms with van der Waals surface area (Å²) in [5.41, 5.74) is 8.40. The number of benzene rings is 1. The van der Waals surface area contributed by atoms with E-state index in [1.165, 1.54) is 6.07 Å². The van der Waals surface area contributed by atoms with E-state index in [0.29, 0.717) is 5.82 Å². The third-order valence-corrected chi connectivity index (χ3v) is 2.88. The summed E-state index contributed by atoms with van der Waals surface area (Å²) < 4.78 is 15.1. The molecule has 0 bridgehead atoms. The molecule has 17 heavy (non-hydrogen) atoms. The molecular formula is C13H16FN3. The predicted molar refractivity (Wildman–Crippen MR) is 67.1 cm³/mol. The first-order chi connectivity index (χ1) is 7.99. The Balaban J connectivity index is 2.56. The van der Waals surface area contributed by atoms with Gasteiger partial charge in [0.05, 0.1) is 6.20 Å². The van der Waals surface area contributed by atoms with Gasteiger partial charge in [-0.05, 0) is 29.2 Å². The van der Waals surface area contributed by atoms with E-state index in [0.717, 1.165) is 16.7 Å². The fraction of sp³-hybridized carbons (Fsp3) is 0.308. The Labute approximate surface area is 100 Å². The first-order valence-corrected chi connectivity index (χ1v) is 5.57. The third-order valence-electron chi connectivity index (χ3n) is 2.88. The van der Waals surface area contributed by atoms with E-state index in [1.54, 1.807) is 24.0 Å². The third kappa shape index (κ3) is 2.16. The monoisotopic (exact) mass is 233 g/mol. The van der Waals surface area contributed by atoms with Crippen LogP contribution in [0.2, 0.25) is 0 Å². The number of nitrogens with zero attached hydrogens (tertiary/aromatic N) is 2. The van der Waals surface area contributed by atoms with Gasteiger partial charge in [-0.15, -0.1) is 0 Å². The van der Waals surface area contributed by atoms with Crippen LogP contribution in [0.15, 0.2) is 24.4 Å². The molecule has 1 heterocycles. The highest BCUT2D eigenvalue weighted by molar-refractivity contribution is 5.74.